The Hall–Kier alpha value is -0.960. The lowest BCUT2D eigenvalue weighted by molar-refractivity contribution is 0.187. The molecule has 1 aromatic rings. The van der Waals surface area contributed by atoms with Gasteiger partial charge in [-0.2, -0.15) is 4.31 Å². The molecule has 1 aromatic heterocycles. The fraction of sp³-hybridized carbons (Fsp3) is 0.750. The van der Waals surface area contributed by atoms with E-state index >= 15 is 0 Å². The molecule has 2 rings (SSSR count). The molecule has 7 nitrogen and oxygen atoms in total. The number of nitrogens with one attached hydrogen (secondary N) is 1. The molecule has 0 radical (unpaired) electrons. The standard InChI is InChI=1S/C12H23N5O2S/c1-2-11-14-10-12(15-11)20(18,19)17-8-6-16(7-9-17)5-3-4-13/h10H,2-9,13H2,1H3,(H,14,15). The van der Waals surface area contributed by atoms with Crippen LogP contribution in [-0.4, -0.2) is 66.9 Å². The number of aromatic amines is 1. The van der Waals surface area contributed by atoms with E-state index < -0.39 is 10.0 Å². The number of H-pyrrole nitrogens is 1. The van der Waals surface area contributed by atoms with Gasteiger partial charge in [-0.1, -0.05) is 6.92 Å². The largest absolute Gasteiger partial charge is 0.332 e. The summed E-state index contributed by atoms with van der Waals surface area (Å²) in [5.41, 5.74) is 5.49. The van der Waals surface area contributed by atoms with Crippen LogP contribution in [0.5, 0.6) is 0 Å². The molecule has 8 heteroatoms. The van der Waals surface area contributed by atoms with Crippen molar-refractivity contribution in [3.8, 4) is 0 Å². The molecule has 3 N–H and O–H groups in total. The maximum atomic E-state index is 12.5. The monoisotopic (exact) mass is 301 g/mol. The maximum absolute atomic E-state index is 12.5. The van der Waals surface area contributed by atoms with Crippen LogP contribution in [0.2, 0.25) is 0 Å². The third kappa shape index (κ3) is 3.38. The number of hydrogen-bond acceptors (Lipinski definition) is 5. The lowest BCUT2D eigenvalue weighted by atomic mass is 10.3. The van der Waals surface area contributed by atoms with Gasteiger partial charge in [-0.3, -0.25) is 0 Å². The van der Waals surface area contributed by atoms with Crippen molar-refractivity contribution in [1.29, 1.82) is 0 Å². The van der Waals surface area contributed by atoms with E-state index in [0.717, 1.165) is 26.1 Å². The highest BCUT2D eigenvalue weighted by Crippen LogP contribution is 2.16. The van der Waals surface area contributed by atoms with Crippen molar-refractivity contribution in [2.75, 3.05) is 39.3 Å². The molecule has 0 bridgehead atoms. The Morgan fingerprint density at radius 1 is 1.35 bits per heavy atom. The highest BCUT2D eigenvalue weighted by atomic mass is 32.2. The van der Waals surface area contributed by atoms with Crippen molar-refractivity contribution >= 4 is 10.0 Å². The van der Waals surface area contributed by atoms with Crippen LogP contribution in [0.1, 0.15) is 19.2 Å². The van der Waals surface area contributed by atoms with Gasteiger partial charge in [-0.25, -0.2) is 13.4 Å². The minimum Gasteiger partial charge on any atom is -0.332 e. The molecule has 0 amide bonds. The number of sulfonamides is 1. The fourth-order valence-corrected chi connectivity index (χ4v) is 3.66. The van der Waals surface area contributed by atoms with Crippen LogP contribution in [0.25, 0.3) is 0 Å². The van der Waals surface area contributed by atoms with Crippen molar-refractivity contribution in [2.24, 2.45) is 5.73 Å². The number of nitrogens with two attached hydrogens (primary N) is 1. The van der Waals surface area contributed by atoms with Crippen LogP contribution in [0.3, 0.4) is 0 Å². The van der Waals surface area contributed by atoms with Gasteiger partial charge in [0.25, 0.3) is 10.0 Å². The number of aryl methyl sites for hydroxylation is 1. The van der Waals surface area contributed by atoms with E-state index in [9.17, 15) is 8.42 Å². The molecule has 2 heterocycles. The summed E-state index contributed by atoms with van der Waals surface area (Å²) in [6.45, 7) is 6.11. The van der Waals surface area contributed by atoms with Crippen LogP contribution in [-0.2, 0) is 16.4 Å². The SMILES string of the molecule is CCc1ncc(S(=O)(=O)N2CCN(CCCN)CC2)[nH]1. The average molecular weight is 301 g/mol. The number of hydrogen-bond donors (Lipinski definition) is 2. The summed E-state index contributed by atoms with van der Waals surface area (Å²) in [6, 6.07) is 0. The Balaban J connectivity index is 1.98. The van der Waals surface area contributed by atoms with Gasteiger partial charge in [0, 0.05) is 32.6 Å². The van der Waals surface area contributed by atoms with Crippen LogP contribution in [0, 0.1) is 0 Å². The number of imidazole rings is 1. The van der Waals surface area contributed by atoms with E-state index in [1.165, 1.54) is 10.5 Å². The van der Waals surface area contributed by atoms with E-state index in [4.69, 9.17) is 5.73 Å². The lowest BCUT2D eigenvalue weighted by Crippen LogP contribution is -2.49. The molecule has 0 spiro atoms. The normalized spacial score (nSPS) is 18.5. The number of rotatable bonds is 6. The Morgan fingerprint density at radius 3 is 2.60 bits per heavy atom. The van der Waals surface area contributed by atoms with Gasteiger partial charge in [-0.05, 0) is 19.5 Å². The Labute approximate surface area is 120 Å². The second-order valence-electron chi connectivity index (χ2n) is 4.94. The molecule has 1 saturated heterocycles. The zero-order chi connectivity index (χ0) is 14.6. The molecule has 0 unspecified atom stereocenters. The molecular formula is C12H23N5O2S. The molecule has 0 atom stereocenters. The molecule has 0 aromatic carbocycles. The maximum Gasteiger partial charge on any atom is 0.260 e. The molecule has 20 heavy (non-hydrogen) atoms. The smallest absolute Gasteiger partial charge is 0.260 e. The average Bonchev–Trinajstić information content (AvgIpc) is 2.95. The van der Waals surface area contributed by atoms with Crippen molar-refractivity contribution in [3.05, 3.63) is 12.0 Å². The van der Waals surface area contributed by atoms with Gasteiger partial charge in [0.15, 0.2) is 5.03 Å². The second kappa shape index (κ2) is 6.66. The summed E-state index contributed by atoms with van der Waals surface area (Å²) in [7, 11) is -3.43. The molecule has 1 aliphatic heterocycles. The van der Waals surface area contributed by atoms with Gasteiger partial charge >= 0.3 is 0 Å². The van der Waals surface area contributed by atoms with E-state index in [1.54, 1.807) is 0 Å². The van der Waals surface area contributed by atoms with Crippen LogP contribution < -0.4 is 5.73 Å². The van der Waals surface area contributed by atoms with Crippen LogP contribution in [0.15, 0.2) is 11.2 Å². The summed E-state index contributed by atoms with van der Waals surface area (Å²) in [6.07, 6.45) is 3.06. The van der Waals surface area contributed by atoms with Crippen molar-refractivity contribution in [1.82, 2.24) is 19.2 Å². The van der Waals surface area contributed by atoms with Gasteiger partial charge in [0.1, 0.15) is 5.82 Å². The third-order valence-corrected chi connectivity index (χ3v) is 5.38. The number of piperazine rings is 1. The zero-order valence-electron chi connectivity index (χ0n) is 11.9. The first-order valence-corrected chi connectivity index (χ1v) is 8.48. The fourth-order valence-electron chi connectivity index (χ4n) is 2.30. The predicted octanol–water partition coefficient (Wildman–Crippen LogP) is -0.373. The summed E-state index contributed by atoms with van der Waals surface area (Å²) in [5, 5.41) is 0.199. The van der Waals surface area contributed by atoms with Gasteiger partial charge in [-0.15, -0.1) is 0 Å². The minimum atomic E-state index is -3.43. The summed E-state index contributed by atoms with van der Waals surface area (Å²) < 4.78 is 26.4. The zero-order valence-corrected chi connectivity index (χ0v) is 12.7. The van der Waals surface area contributed by atoms with Crippen LogP contribution >= 0.6 is 0 Å². The summed E-state index contributed by atoms with van der Waals surface area (Å²) in [4.78, 5) is 9.19. The summed E-state index contributed by atoms with van der Waals surface area (Å²) >= 11 is 0. The third-order valence-electron chi connectivity index (χ3n) is 3.57. The van der Waals surface area contributed by atoms with Gasteiger partial charge in [0.05, 0.1) is 6.20 Å². The Morgan fingerprint density at radius 2 is 2.05 bits per heavy atom. The minimum absolute atomic E-state index is 0.199. The lowest BCUT2D eigenvalue weighted by Gasteiger charge is -2.33. The quantitative estimate of drug-likeness (QED) is 0.747. The first-order chi connectivity index (χ1) is 9.57. The predicted molar refractivity (Wildman–Crippen MR) is 76.8 cm³/mol. The highest BCUT2D eigenvalue weighted by molar-refractivity contribution is 7.89. The van der Waals surface area contributed by atoms with Crippen molar-refractivity contribution in [2.45, 2.75) is 24.8 Å². The van der Waals surface area contributed by atoms with Crippen LogP contribution in [0.4, 0.5) is 0 Å². The van der Waals surface area contributed by atoms with Gasteiger partial charge < -0.3 is 15.6 Å². The van der Waals surface area contributed by atoms with Gasteiger partial charge in [0.2, 0.25) is 0 Å². The first-order valence-electron chi connectivity index (χ1n) is 7.04. The van der Waals surface area contributed by atoms with E-state index in [1.807, 2.05) is 6.92 Å². The van der Waals surface area contributed by atoms with Crippen molar-refractivity contribution < 1.29 is 8.42 Å². The molecule has 114 valence electrons. The summed E-state index contributed by atoms with van der Waals surface area (Å²) in [5.74, 6) is 0.699. The number of nitrogens with zero attached hydrogens (tertiary/aromatic N) is 3. The molecule has 1 fully saturated rings. The van der Waals surface area contributed by atoms with E-state index in [2.05, 4.69) is 14.9 Å². The molecule has 0 saturated carbocycles. The molecular weight excluding hydrogens is 278 g/mol. The van der Waals surface area contributed by atoms with Crippen molar-refractivity contribution in [3.63, 3.8) is 0 Å². The van der Waals surface area contributed by atoms with E-state index in [-0.39, 0.29) is 5.03 Å². The topological polar surface area (TPSA) is 95.3 Å². The Bertz CT molecular complexity index is 520. The first kappa shape index (κ1) is 15.4. The second-order valence-corrected chi connectivity index (χ2v) is 6.84. The van der Waals surface area contributed by atoms with E-state index in [0.29, 0.717) is 31.9 Å². The highest BCUT2D eigenvalue weighted by Gasteiger charge is 2.29. The number of aromatic nitrogens is 2. The molecule has 1 aliphatic rings. The Kier molecular flexibility index (Phi) is 5.14. The molecule has 0 aliphatic carbocycles.